The molecule has 0 saturated carbocycles. The Labute approximate surface area is 114 Å². The van der Waals surface area contributed by atoms with E-state index in [2.05, 4.69) is 51.6 Å². The SMILES string of the molecule is C=Cc1ccc(O[SiH](CCCC)CC(C)C)cc1. The van der Waals surface area contributed by atoms with Crippen molar-refractivity contribution < 1.29 is 4.43 Å². The molecule has 0 N–H and O–H groups in total. The van der Waals surface area contributed by atoms with Gasteiger partial charge in [-0.3, -0.25) is 0 Å². The summed E-state index contributed by atoms with van der Waals surface area (Å²) in [5, 5.41) is 0. The van der Waals surface area contributed by atoms with Crippen LogP contribution in [-0.4, -0.2) is 9.04 Å². The Morgan fingerprint density at radius 1 is 1.28 bits per heavy atom. The molecule has 100 valence electrons. The first-order valence-electron chi connectivity index (χ1n) is 7.04. The molecule has 2 heteroatoms. The summed E-state index contributed by atoms with van der Waals surface area (Å²) in [6.07, 6.45) is 4.43. The third-order valence-electron chi connectivity index (χ3n) is 3.03. The minimum Gasteiger partial charge on any atom is -0.546 e. The summed E-state index contributed by atoms with van der Waals surface area (Å²) < 4.78 is 6.23. The molecule has 1 rings (SSSR count). The average molecular weight is 262 g/mol. The van der Waals surface area contributed by atoms with Crippen LogP contribution in [0.1, 0.15) is 39.2 Å². The number of hydrogen-bond acceptors (Lipinski definition) is 1. The van der Waals surface area contributed by atoms with E-state index >= 15 is 0 Å². The molecule has 0 heterocycles. The molecule has 0 fully saturated rings. The molecule has 0 amide bonds. The van der Waals surface area contributed by atoms with Crippen molar-refractivity contribution >= 4 is 15.1 Å². The van der Waals surface area contributed by atoms with Gasteiger partial charge in [-0.25, -0.2) is 0 Å². The molecule has 1 atom stereocenters. The molecule has 0 aromatic heterocycles. The minimum absolute atomic E-state index is 0.742. The molecule has 0 bridgehead atoms. The van der Waals surface area contributed by atoms with Gasteiger partial charge in [0, 0.05) is 0 Å². The van der Waals surface area contributed by atoms with Gasteiger partial charge in [-0.1, -0.05) is 58.4 Å². The quantitative estimate of drug-likeness (QED) is 0.606. The second kappa shape index (κ2) is 8.14. The number of rotatable bonds is 8. The summed E-state index contributed by atoms with van der Waals surface area (Å²) in [4.78, 5) is 0. The highest BCUT2D eigenvalue weighted by Crippen LogP contribution is 2.19. The zero-order valence-corrected chi connectivity index (χ0v) is 13.1. The highest BCUT2D eigenvalue weighted by Gasteiger charge is 2.15. The van der Waals surface area contributed by atoms with Crippen LogP contribution < -0.4 is 4.43 Å². The summed E-state index contributed by atoms with van der Waals surface area (Å²) in [6.45, 7) is 10.6. The van der Waals surface area contributed by atoms with E-state index in [1.54, 1.807) is 0 Å². The van der Waals surface area contributed by atoms with Gasteiger partial charge in [0.25, 0.3) is 0 Å². The van der Waals surface area contributed by atoms with E-state index in [-0.39, 0.29) is 0 Å². The molecule has 0 spiro atoms. The molecule has 1 unspecified atom stereocenters. The fourth-order valence-corrected chi connectivity index (χ4v) is 4.96. The van der Waals surface area contributed by atoms with Crippen LogP contribution in [0.2, 0.25) is 12.1 Å². The van der Waals surface area contributed by atoms with E-state index in [0.29, 0.717) is 0 Å². The van der Waals surface area contributed by atoms with E-state index in [1.807, 2.05) is 6.08 Å². The Balaban J connectivity index is 2.59. The van der Waals surface area contributed by atoms with Gasteiger partial charge in [0.1, 0.15) is 5.75 Å². The monoisotopic (exact) mass is 262 g/mol. The van der Waals surface area contributed by atoms with E-state index in [1.165, 1.54) is 24.9 Å². The first-order chi connectivity index (χ1) is 8.65. The maximum atomic E-state index is 6.23. The van der Waals surface area contributed by atoms with Gasteiger partial charge in [-0.2, -0.15) is 0 Å². The summed E-state index contributed by atoms with van der Waals surface area (Å²) in [6, 6.07) is 10.8. The Morgan fingerprint density at radius 2 is 1.94 bits per heavy atom. The van der Waals surface area contributed by atoms with Gasteiger partial charge in [0.15, 0.2) is 0 Å². The van der Waals surface area contributed by atoms with Crippen molar-refractivity contribution in [2.45, 2.75) is 45.7 Å². The molecule has 0 radical (unpaired) electrons. The molecular weight excluding hydrogens is 236 g/mol. The van der Waals surface area contributed by atoms with Crippen molar-refractivity contribution in [3.8, 4) is 5.75 Å². The summed E-state index contributed by atoms with van der Waals surface area (Å²) in [5.41, 5.74) is 1.15. The van der Waals surface area contributed by atoms with Crippen molar-refractivity contribution in [1.82, 2.24) is 0 Å². The van der Waals surface area contributed by atoms with Gasteiger partial charge in [-0.05, 0) is 35.7 Å². The van der Waals surface area contributed by atoms with Gasteiger partial charge < -0.3 is 4.43 Å². The fourth-order valence-electron chi connectivity index (χ4n) is 2.06. The van der Waals surface area contributed by atoms with E-state index in [4.69, 9.17) is 4.43 Å². The third kappa shape index (κ3) is 5.54. The van der Waals surface area contributed by atoms with Gasteiger partial charge in [0.2, 0.25) is 9.04 Å². The van der Waals surface area contributed by atoms with E-state index in [0.717, 1.165) is 17.2 Å². The molecule has 0 aliphatic carbocycles. The number of hydrogen-bond donors (Lipinski definition) is 0. The van der Waals surface area contributed by atoms with Gasteiger partial charge >= 0.3 is 0 Å². The zero-order valence-electron chi connectivity index (χ0n) is 12.0. The fraction of sp³-hybridized carbons (Fsp3) is 0.500. The predicted octanol–water partition coefficient (Wildman–Crippen LogP) is 4.89. The Bertz CT molecular complexity index is 343. The van der Waals surface area contributed by atoms with Crippen molar-refractivity contribution in [1.29, 1.82) is 0 Å². The van der Waals surface area contributed by atoms with Crippen LogP contribution in [0.15, 0.2) is 30.8 Å². The van der Waals surface area contributed by atoms with Crippen LogP contribution in [0.5, 0.6) is 5.75 Å². The molecule has 0 aliphatic rings. The lowest BCUT2D eigenvalue weighted by Crippen LogP contribution is -2.23. The molecule has 1 aromatic carbocycles. The predicted molar refractivity (Wildman–Crippen MR) is 83.7 cm³/mol. The Hall–Kier alpha value is -1.02. The van der Waals surface area contributed by atoms with Crippen molar-refractivity contribution in [2.75, 3.05) is 0 Å². The van der Waals surface area contributed by atoms with Crippen LogP contribution in [0.25, 0.3) is 6.08 Å². The van der Waals surface area contributed by atoms with Crippen molar-refractivity contribution in [3.63, 3.8) is 0 Å². The number of benzene rings is 1. The van der Waals surface area contributed by atoms with Gasteiger partial charge in [0.05, 0.1) is 0 Å². The maximum absolute atomic E-state index is 6.23. The first kappa shape index (κ1) is 15.0. The normalized spacial score (nSPS) is 12.4. The molecule has 0 saturated heterocycles. The topological polar surface area (TPSA) is 9.23 Å². The Kier molecular flexibility index (Phi) is 6.80. The van der Waals surface area contributed by atoms with Crippen LogP contribution in [0, 0.1) is 5.92 Å². The van der Waals surface area contributed by atoms with Gasteiger partial charge in [-0.15, -0.1) is 0 Å². The molecule has 1 nitrogen and oxygen atoms in total. The van der Waals surface area contributed by atoms with E-state index < -0.39 is 9.04 Å². The van der Waals surface area contributed by atoms with Crippen LogP contribution in [0.4, 0.5) is 0 Å². The minimum atomic E-state index is -1.09. The second-order valence-electron chi connectivity index (χ2n) is 5.28. The lowest BCUT2D eigenvalue weighted by atomic mass is 10.2. The maximum Gasteiger partial charge on any atom is 0.235 e. The highest BCUT2D eigenvalue weighted by atomic mass is 28.3. The van der Waals surface area contributed by atoms with Crippen molar-refractivity contribution in [2.24, 2.45) is 5.92 Å². The molecule has 18 heavy (non-hydrogen) atoms. The molecule has 0 aliphatic heterocycles. The number of unbranched alkanes of at least 4 members (excludes halogenated alkanes) is 1. The summed E-state index contributed by atoms with van der Waals surface area (Å²) in [5.74, 6) is 1.78. The first-order valence-corrected chi connectivity index (χ1v) is 9.15. The Morgan fingerprint density at radius 3 is 2.44 bits per heavy atom. The molecular formula is C16H26OSi. The summed E-state index contributed by atoms with van der Waals surface area (Å²) in [7, 11) is -1.09. The highest BCUT2D eigenvalue weighted by molar-refractivity contribution is 6.52. The largest absolute Gasteiger partial charge is 0.546 e. The molecule has 1 aromatic rings. The lowest BCUT2D eigenvalue weighted by Gasteiger charge is -2.19. The lowest BCUT2D eigenvalue weighted by molar-refractivity contribution is 0.539. The van der Waals surface area contributed by atoms with E-state index in [9.17, 15) is 0 Å². The smallest absolute Gasteiger partial charge is 0.235 e. The van der Waals surface area contributed by atoms with Crippen LogP contribution in [-0.2, 0) is 0 Å². The standard InChI is InChI=1S/C16H26OSi/c1-5-7-12-18(13-14(3)4)17-16-10-8-15(6-2)9-11-16/h6,8-11,14,18H,2,5,7,12-13H2,1,3-4H3. The van der Waals surface area contributed by atoms with Crippen LogP contribution in [0.3, 0.4) is 0 Å². The average Bonchev–Trinajstić information content (AvgIpc) is 2.36. The second-order valence-corrected chi connectivity index (χ2v) is 7.81. The van der Waals surface area contributed by atoms with Crippen molar-refractivity contribution in [3.05, 3.63) is 36.4 Å². The van der Waals surface area contributed by atoms with Crippen LogP contribution >= 0.6 is 0 Å². The summed E-state index contributed by atoms with van der Waals surface area (Å²) >= 11 is 0. The third-order valence-corrected chi connectivity index (χ3v) is 6.16. The zero-order chi connectivity index (χ0) is 13.4.